The monoisotopic (exact) mass is 362 g/mol. The summed E-state index contributed by atoms with van der Waals surface area (Å²) in [5.74, 6) is -0.707. The second-order valence-electron chi connectivity index (χ2n) is 6.64. The Morgan fingerprint density at radius 3 is 2.19 bits per heavy atom. The molecular weight excluding hydrogens is 342 g/mol. The summed E-state index contributed by atoms with van der Waals surface area (Å²) in [6.45, 7) is 2.70. The van der Waals surface area contributed by atoms with E-state index in [2.05, 4.69) is 15.4 Å². The van der Waals surface area contributed by atoms with Gasteiger partial charge in [-0.3, -0.25) is 9.59 Å². The van der Waals surface area contributed by atoms with Crippen LogP contribution in [0.2, 0.25) is 0 Å². The van der Waals surface area contributed by atoms with Crippen LogP contribution in [0.1, 0.15) is 41.5 Å². The molecule has 0 aliphatic rings. The van der Waals surface area contributed by atoms with Gasteiger partial charge in [0, 0.05) is 22.4 Å². The molecule has 0 aliphatic carbocycles. The number of nitrogens with one attached hydrogen (secondary N) is 2. The molecule has 0 saturated heterocycles. The number of alkyl halides is 2. The van der Waals surface area contributed by atoms with Crippen molar-refractivity contribution >= 4 is 17.5 Å². The molecule has 2 amide bonds. The topological polar surface area (TPSA) is 67.4 Å². The lowest BCUT2D eigenvalue weighted by Gasteiger charge is -2.20. The van der Waals surface area contributed by atoms with Gasteiger partial charge in [-0.1, -0.05) is 6.07 Å². The first-order valence-electron chi connectivity index (χ1n) is 7.93. The summed E-state index contributed by atoms with van der Waals surface area (Å²) in [4.78, 5) is 24.5. The Kier molecular flexibility index (Phi) is 5.92. The SMILES string of the molecule is CC(C)(C)NC(=O)c1cccc(NC(=O)c2ccc(OC(F)F)cc2)c1. The zero-order valence-electron chi connectivity index (χ0n) is 14.7. The zero-order valence-corrected chi connectivity index (χ0v) is 14.7. The van der Waals surface area contributed by atoms with Crippen molar-refractivity contribution in [3.63, 3.8) is 0 Å². The van der Waals surface area contributed by atoms with Gasteiger partial charge in [-0.05, 0) is 63.2 Å². The highest BCUT2D eigenvalue weighted by Crippen LogP contribution is 2.17. The van der Waals surface area contributed by atoms with Gasteiger partial charge in [-0.15, -0.1) is 0 Å². The largest absolute Gasteiger partial charge is 0.435 e. The van der Waals surface area contributed by atoms with Crippen molar-refractivity contribution < 1.29 is 23.1 Å². The fraction of sp³-hybridized carbons (Fsp3) is 0.263. The molecule has 0 aromatic heterocycles. The Morgan fingerprint density at radius 1 is 0.962 bits per heavy atom. The molecule has 0 fully saturated rings. The summed E-state index contributed by atoms with van der Waals surface area (Å²) in [5.41, 5.74) is 0.761. The third-order valence-corrected chi connectivity index (χ3v) is 3.21. The number of benzene rings is 2. The molecule has 5 nitrogen and oxygen atoms in total. The second-order valence-corrected chi connectivity index (χ2v) is 6.64. The summed E-state index contributed by atoms with van der Waals surface area (Å²) >= 11 is 0. The van der Waals surface area contributed by atoms with Crippen LogP contribution in [0, 0.1) is 0 Å². The van der Waals surface area contributed by atoms with Crippen molar-refractivity contribution in [3.05, 3.63) is 59.7 Å². The van der Waals surface area contributed by atoms with E-state index < -0.39 is 12.5 Å². The number of carbonyl (C=O) groups is 2. The first-order valence-corrected chi connectivity index (χ1v) is 7.93. The minimum absolute atomic E-state index is 0.0302. The van der Waals surface area contributed by atoms with Gasteiger partial charge in [-0.2, -0.15) is 8.78 Å². The lowest BCUT2D eigenvalue weighted by molar-refractivity contribution is -0.0498. The number of carbonyl (C=O) groups excluding carboxylic acids is 2. The lowest BCUT2D eigenvalue weighted by atomic mass is 10.1. The molecule has 26 heavy (non-hydrogen) atoms. The van der Waals surface area contributed by atoms with Crippen molar-refractivity contribution in [1.82, 2.24) is 5.32 Å². The number of hydrogen-bond donors (Lipinski definition) is 2. The number of rotatable bonds is 5. The standard InChI is InChI=1S/C19H20F2N2O3/c1-19(2,3)23-17(25)13-5-4-6-14(11-13)22-16(24)12-7-9-15(10-8-12)26-18(20)21/h4-11,18H,1-3H3,(H,22,24)(H,23,25). The molecule has 2 aromatic carbocycles. The maximum atomic E-state index is 12.3. The minimum Gasteiger partial charge on any atom is -0.435 e. The lowest BCUT2D eigenvalue weighted by Crippen LogP contribution is -2.40. The van der Waals surface area contributed by atoms with Crippen LogP contribution in [0.4, 0.5) is 14.5 Å². The number of halogens is 2. The van der Waals surface area contributed by atoms with Crippen LogP contribution in [0.3, 0.4) is 0 Å². The highest BCUT2D eigenvalue weighted by atomic mass is 19.3. The quantitative estimate of drug-likeness (QED) is 0.843. The van der Waals surface area contributed by atoms with Crippen LogP contribution in [0.25, 0.3) is 0 Å². The Morgan fingerprint density at radius 2 is 1.62 bits per heavy atom. The minimum atomic E-state index is -2.92. The van der Waals surface area contributed by atoms with Crippen LogP contribution >= 0.6 is 0 Å². The van der Waals surface area contributed by atoms with Gasteiger partial charge >= 0.3 is 6.61 Å². The van der Waals surface area contributed by atoms with Gasteiger partial charge in [0.05, 0.1) is 0 Å². The number of hydrogen-bond acceptors (Lipinski definition) is 3. The summed E-state index contributed by atoms with van der Waals surface area (Å²) in [7, 11) is 0. The molecular formula is C19H20F2N2O3. The van der Waals surface area contributed by atoms with E-state index in [9.17, 15) is 18.4 Å². The maximum Gasteiger partial charge on any atom is 0.387 e. The third kappa shape index (κ3) is 5.84. The maximum absolute atomic E-state index is 12.3. The molecule has 0 heterocycles. The molecule has 0 saturated carbocycles. The van der Waals surface area contributed by atoms with E-state index in [4.69, 9.17) is 0 Å². The Hall–Kier alpha value is -2.96. The Labute approximate surface area is 150 Å². The predicted octanol–water partition coefficient (Wildman–Crippen LogP) is 4.07. The molecule has 138 valence electrons. The molecule has 0 spiro atoms. The fourth-order valence-corrected chi connectivity index (χ4v) is 2.14. The second kappa shape index (κ2) is 7.95. The van der Waals surface area contributed by atoms with Crippen molar-refractivity contribution in [3.8, 4) is 5.75 Å². The van der Waals surface area contributed by atoms with Crippen LogP contribution in [0.15, 0.2) is 48.5 Å². The smallest absolute Gasteiger partial charge is 0.387 e. The van der Waals surface area contributed by atoms with Crippen LogP contribution in [0.5, 0.6) is 5.75 Å². The van der Waals surface area contributed by atoms with Gasteiger partial charge in [-0.25, -0.2) is 0 Å². The number of amides is 2. The molecule has 2 aromatic rings. The Balaban J connectivity index is 2.07. The highest BCUT2D eigenvalue weighted by Gasteiger charge is 2.16. The van der Waals surface area contributed by atoms with Gasteiger partial charge in [0.1, 0.15) is 5.75 Å². The van der Waals surface area contributed by atoms with E-state index >= 15 is 0 Å². The van der Waals surface area contributed by atoms with E-state index in [0.29, 0.717) is 11.3 Å². The average molecular weight is 362 g/mol. The molecule has 0 bridgehead atoms. The van der Waals surface area contributed by atoms with Crippen LogP contribution in [-0.4, -0.2) is 24.0 Å². The van der Waals surface area contributed by atoms with E-state index in [0.717, 1.165) is 0 Å². The summed E-state index contributed by atoms with van der Waals surface area (Å²) in [6, 6.07) is 11.8. The van der Waals surface area contributed by atoms with Crippen molar-refractivity contribution in [2.75, 3.05) is 5.32 Å². The van der Waals surface area contributed by atoms with E-state index in [-0.39, 0.29) is 22.8 Å². The fourth-order valence-electron chi connectivity index (χ4n) is 2.14. The molecule has 0 atom stereocenters. The van der Waals surface area contributed by atoms with E-state index in [1.807, 2.05) is 20.8 Å². The highest BCUT2D eigenvalue weighted by molar-refractivity contribution is 6.05. The summed E-state index contributed by atoms with van der Waals surface area (Å²) < 4.78 is 28.5. The van der Waals surface area contributed by atoms with E-state index in [1.54, 1.807) is 24.3 Å². The predicted molar refractivity (Wildman–Crippen MR) is 94.7 cm³/mol. The number of ether oxygens (including phenoxy) is 1. The summed E-state index contributed by atoms with van der Waals surface area (Å²) in [5, 5.41) is 5.51. The van der Waals surface area contributed by atoms with Crippen LogP contribution < -0.4 is 15.4 Å². The van der Waals surface area contributed by atoms with E-state index in [1.165, 1.54) is 24.3 Å². The normalized spacial score (nSPS) is 11.2. The van der Waals surface area contributed by atoms with Crippen molar-refractivity contribution in [2.45, 2.75) is 32.9 Å². The zero-order chi connectivity index (χ0) is 19.3. The van der Waals surface area contributed by atoms with Gasteiger partial charge in [0.15, 0.2) is 0 Å². The first-order chi connectivity index (χ1) is 12.1. The average Bonchev–Trinajstić information content (AvgIpc) is 2.53. The van der Waals surface area contributed by atoms with Crippen LogP contribution in [-0.2, 0) is 0 Å². The number of anilines is 1. The van der Waals surface area contributed by atoms with Gasteiger partial charge in [0.25, 0.3) is 11.8 Å². The molecule has 0 radical (unpaired) electrons. The van der Waals surface area contributed by atoms with Crippen molar-refractivity contribution in [2.24, 2.45) is 0 Å². The van der Waals surface area contributed by atoms with Gasteiger partial charge < -0.3 is 15.4 Å². The van der Waals surface area contributed by atoms with Crippen molar-refractivity contribution in [1.29, 1.82) is 0 Å². The van der Waals surface area contributed by atoms with Gasteiger partial charge in [0.2, 0.25) is 0 Å². The molecule has 0 unspecified atom stereocenters. The molecule has 2 rings (SSSR count). The summed E-state index contributed by atoms with van der Waals surface area (Å²) in [6.07, 6.45) is 0. The Bertz CT molecular complexity index is 784. The third-order valence-electron chi connectivity index (χ3n) is 3.21. The molecule has 2 N–H and O–H groups in total. The first kappa shape index (κ1) is 19.4. The molecule has 7 heteroatoms. The molecule has 0 aliphatic heterocycles.